The van der Waals surface area contributed by atoms with Crippen molar-refractivity contribution in [2.45, 2.75) is 6.54 Å². The van der Waals surface area contributed by atoms with Crippen molar-refractivity contribution >= 4 is 11.6 Å². The molecule has 0 unspecified atom stereocenters. The Morgan fingerprint density at radius 2 is 1.59 bits per heavy atom. The standard InChI is InChI=1S/C21H14N4O2/c26-20-16-9-5-4-8-15(16)19-18(21(20)27)17(12-24-11-10-22-13-24)23-25(19)14-6-2-1-3-7-14/h1-11,13H,12H2. The molecule has 27 heavy (non-hydrogen) atoms. The van der Waals surface area contributed by atoms with E-state index in [0.717, 1.165) is 11.3 Å². The van der Waals surface area contributed by atoms with Crippen LogP contribution in [0.4, 0.5) is 0 Å². The Balaban J connectivity index is 1.81. The summed E-state index contributed by atoms with van der Waals surface area (Å²) in [6.45, 7) is 0.364. The summed E-state index contributed by atoms with van der Waals surface area (Å²) in [5.41, 5.74) is 3.57. The van der Waals surface area contributed by atoms with Crippen LogP contribution in [0.25, 0.3) is 16.9 Å². The molecule has 0 amide bonds. The van der Waals surface area contributed by atoms with E-state index in [4.69, 9.17) is 5.10 Å². The molecule has 0 atom stereocenters. The van der Waals surface area contributed by atoms with Gasteiger partial charge in [-0.25, -0.2) is 9.67 Å². The fourth-order valence-electron chi connectivity index (χ4n) is 3.49. The van der Waals surface area contributed by atoms with E-state index in [1.165, 1.54) is 0 Å². The lowest BCUT2D eigenvalue weighted by molar-refractivity contribution is 0.0814. The molecule has 0 spiro atoms. The van der Waals surface area contributed by atoms with Crippen molar-refractivity contribution in [3.8, 4) is 16.9 Å². The van der Waals surface area contributed by atoms with E-state index in [-0.39, 0.29) is 0 Å². The Bertz CT molecular complexity index is 1170. The van der Waals surface area contributed by atoms with E-state index in [9.17, 15) is 9.59 Å². The molecule has 0 aliphatic heterocycles. The quantitative estimate of drug-likeness (QED) is 0.530. The van der Waals surface area contributed by atoms with Crippen LogP contribution in [0.1, 0.15) is 26.4 Å². The first kappa shape index (κ1) is 15.5. The number of hydrogen-bond acceptors (Lipinski definition) is 4. The van der Waals surface area contributed by atoms with Gasteiger partial charge in [-0.2, -0.15) is 5.10 Å². The number of Topliss-reactive ketones (excluding diaryl/α,β-unsaturated/α-hetero) is 2. The van der Waals surface area contributed by atoms with Gasteiger partial charge in [-0.3, -0.25) is 9.59 Å². The first-order valence-corrected chi connectivity index (χ1v) is 8.55. The Kier molecular flexibility index (Phi) is 3.36. The van der Waals surface area contributed by atoms with E-state index in [0.29, 0.717) is 29.1 Å². The van der Waals surface area contributed by atoms with E-state index < -0.39 is 11.6 Å². The van der Waals surface area contributed by atoms with Crippen molar-refractivity contribution in [3.05, 3.63) is 90.1 Å². The third-order valence-corrected chi connectivity index (χ3v) is 4.71. The van der Waals surface area contributed by atoms with E-state index in [2.05, 4.69) is 4.98 Å². The number of aromatic nitrogens is 4. The molecule has 0 saturated heterocycles. The fourth-order valence-corrected chi connectivity index (χ4v) is 3.49. The molecule has 1 aliphatic carbocycles. The van der Waals surface area contributed by atoms with E-state index in [1.807, 2.05) is 47.0 Å². The zero-order valence-electron chi connectivity index (χ0n) is 14.2. The third kappa shape index (κ3) is 2.34. The highest BCUT2D eigenvalue weighted by Crippen LogP contribution is 2.37. The maximum Gasteiger partial charge on any atom is 0.237 e. The van der Waals surface area contributed by atoms with Gasteiger partial charge in [0.15, 0.2) is 0 Å². The average Bonchev–Trinajstić information content (AvgIpc) is 3.35. The average molecular weight is 354 g/mol. The van der Waals surface area contributed by atoms with Crippen LogP contribution in [-0.2, 0) is 6.54 Å². The van der Waals surface area contributed by atoms with Gasteiger partial charge in [0.25, 0.3) is 0 Å². The predicted molar refractivity (Wildman–Crippen MR) is 99.0 cm³/mol. The van der Waals surface area contributed by atoms with E-state index in [1.54, 1.807) is 35.5 Å². The first-order chi connectivity index (χ1) is 13.2. The lowest BCUT2D eigenvalue weighted by Crippen LogP contribution is -2.22. The number of imidazole rings is 1. The molecule has 0 fully saturated rings. The van der Waals surface area contributed by atoms with Gasteiger partial charge in [0.1, 0.15) is 0 Å². The van der Waals surface area contributed by atoms with Crippen molar-refractivity contribution in [1.82, 2.24) is 19.3 Å². The monoisotopic (exact) mass is 354 g/mol. The van der Waals surface area contributed by atoms with Crippen molar-refractivity contribution in [1.29, 1.82) is 0 Å². The topological polar surface area (TPSA) is 69.8 Å². The summed E-state index contributed by atoms with van der Waals surface area (Å²) in [5.74, 6) is -1.00. The summed E-state index contributed by atoms with van der Waals surface area (Å²) in [5, 5.41) is 4.72. The van der Waals surface area contributed by atoms with Gasteiger partial charge in [0.05, 0.1) is 35.5 Å². The van der Waals surface area contributed by atoms with Crippen LogP contribution in [0, 0.1) is 0 Å². The number of fused-ring (bicyclic) bond motifs is 3. The van der Waals surface area contributed by atoms with Gasteiger partial charge in [0.2, 0.25) is 11.6 Å². The second-order valence-electron chi connectivity index (χ2n) is 6.36. The molecule has 6 heteroatoms. The predicted octanol–water partition coefficient (Wildman–Crippen LogP) is 3.16. The van der Waals surface area contributed by atoms with Crippen molar-refractivity contribution < 1.29 is 9.59 Å². The van der Waals surface area contributed by atoms with Gasteiger partial charge in [-0.15, -0.1) is 0 Å². The molecule has 2 aromatic carbocycles. The van der Waals surface area contributed by atoms with Gasteiger partial charge < -0.3 is 4.57 Å². The van der Waals surface area contributed by atoms with Crippen LogP contribution < -0.4 is 0 Å². The Hall–Kier alpha value is -3.80. The SMILES string of the molecule is O=C1C(=O)c2c(Cn3ccnc3)nn(-c3ccccc3)c2-c2ccccc21. The number of benzene rings is 2. The maximum atomic E-state index is 12.9. The van der Waals surface area contributed by atoms with Crippen LogP contribution >= 0.6 is 0 Å². The number of hydrogen-bond donors (Lipinski definition) is 0. The molecule has 130 valence electrons. The number of nitrogens with zero attached hydrogens (tertiary/aromatic N) is 4. The highest BCUT2D eigenvalue weighted by molar-refractivity contribution is 6.53. The van der Waals surface area contributed by atoms with Crippen LogP contribution in [0.2, 0.25) is 0 Å². The lowest BCUT2D eigenvalue weighted by atomic mass is 9.87. The van der Waals surface area contributed by atoms with Gasteiger partial charge >= 0.3 is 0 Å². The fraction of sp³-hybridized carbons (Fsp3) is 0.0476. The molecule has 2 heterocycles. The summed E-state index contributed by atoms with van der Waals surface area (Å²) < 4.78 is 3.58. The Morgan fingerprint density at radius 1 is 0.852 bits per heavy atom. The molecule has 1 aliphatic rings. The third-order valence-electron chi connectivity index (χ3n) is 4.71. The molecular formula is C21H14N4O2. The van der Waals surface area contributed by atoms with Crippen LogP contribution in [0.3, 0.4) is 0 Å². The van der Waals surface area contributed by atoms with Gasteiger partial charge in [-0.05, 0) is 12.1 Å². The first-order valence-electron chi connectivity index (χ1n) is 8.55. The molecule has 0 saturated carbocycles. The Labute approximate surface area is 154 Å². The van der Waals surface area contributed by atoms with Crippen LogP contribution in [0.15, 0.2) is 73.3 Å². The maximum absolute atomic E-state index is 12.9. The summed E-state index contributed by atoms with van der Waals surface area (Å²) in [6, 6.07) is 16.8. The van der Waals surface area contributed by atoms with Crippen molar-refractivity contribution in [2.24, 2.45) is 0 Å². The minimum Gasteiger partial charge on any atom is -0.331 e. The molecule has 5 rings (SSSR count). The molecule has 6 nitrogen and oxygen atoms in total. The molecule has 4 aromatic rings. The smallest absolute Gasteiger partial charge is 0.237 e. The van der Waals surface area contributed by atoms with Crippen molar-refractivity contribution in [3.63, 3.8) is 0 Å². The minimum atomic E-state index is -0.513. The number of carbonyl (C=O) groups excluding carboxylic acids is 2. The summed E-state index contributed by atoms with van der Waals surface area (Å²) >= 11 is 0. The number of para-hydroxylation sites is 1. The number of carbonyl (C=O) groups is 2. The zero-order valence-corrected chi connectivity index (χ0v) is 14.2. The van der Waals surface area contributed by atoms with Crippen molar-refractivity contribution in [2.75, 3.05) is 0 Å². The summed E-state index contributed by atoms with van der Waals surface area (Å²) in [4.78, 5) is 29.7. The highest BCUT2D eigenvalue weighted by Gasteiger charge is 2.36. The van der Waals surface area contributed by atoms with Crippen LogP contribution in [0.5, 0.6) is 0 Å². The molecular weight excluding hydrogens is 340 g/mol. The van der Waals surface area contributed by atoms with Gasteiger partial charge in [0, 0.05) is 23.5 Å². The van der Waals surface area contributed by atoms with Crippen LogP contribution in [-0.4, -0.2) is 30.9 Å². The van der Waals surface area contributed by atoms with E-state index >= 15 is 0 Å². The molecule has 0 radical (unpaired) electrons. The van der Waals surface area contributed by atoms with Gasteiger partial charge in [-0.1, -0.05) is 42.5 Å². The normalized spacial score (nSPS) is 12.7. The number of rotatable bonds is 3. The second kappa shape index (κ2) is 5.88. The molecule has 0 N–H and O–H groups in total. The molecule has 2 aromatic heterocycles. The summed E-state index contributed by atoms with van der Waals surface area (Å²) in [7, 11) is 0. The lowest BCUT2D eigenvalue weighted by Gasteiger charge is -2.17. The highest BCUT2D eigenvalue weighted by atomic mass is 16.2. The zero-order chi connectivity index (χ0) is 18.4. The minimum absolute atomic E-state index is 0.364. The largest absolute Gasteiger partial charge is 0.331 e. The number of ketones is 2. The molecule has 0 bridgehead atoms. The second-order valence-corrected chi connectivity index (χ2v) is 6.36. The Morgan fingerprint density at radius 3 is 2.33 bits per heavy atom. The summed E-state index contributed by atoms with van der Waals surface area (Å²) in [6.07, 6.45) is 5.14.